The summed E-state index contributed by atoms with van der Waals surface area (Å²) in [7, 11) is 3.13. The van der Waals surface area contributed by atoms with Crippen LogP contribution in [0.15, 0.2) is 18.2 Å². The van der Waals surface area contributed by atoms with E-state index in [-0.39, 0.29) is 0 Å². The minimum Gasteiger partial charge on any atom is -0.314 e. The van der Waals surface area contributed by atoms with Crippen molar-refractivity contribution in [2.24, 2.45) is 0 Å². The summed E-state index contributed by atoms with van der Waals surface area (Å²) < 4.78 is 0. The maximum absolute atomic E-state index is 2.41. The fraction of sp³-hybridized carbons (Fsp3) is 0.583. The summed E-state index contributed by atoms with van der Waals surface area (Å²) in [6.45, 7) is 9.51. The number of nitrogens with zero attached hydrogens (tertiary/aromatic N) is 1. The molecule has 2 heteroatoms. The average Bonchev–Trinajstić information content (AvgIpc) is 2.48. The molecule has 0 saturated carbocycles. The van der Waals surface area contributed by atoms with E-state index in [0.717, 1.165) is 0 Å². The molecule has 0 spiro atoms. The van der Waals surface area contributed by atoms with E-state index in [1.807, 2.05) is 0 Å². The van der Waals surface area contributed by atoms with Crippen molar-refractivity contribution in [1.82, 2.24) is 4.90 Å². The third kappa shape index (κ3) is 2.31. The second-order valence-electron chi connectivity index (χ2n) is 5.28. The van der Waals surface area contributed by atoms with Crippen LogP contribution in [0.3, 0.4) is 0 Å². The van der Waals surface area contributed by atoms with Gasteiger partial charge in [-0.15, -0.1) is 5.56 Å². The van der Waals surface area contributed by atoms with Gasteiger partial charge in [0.15, 0.2) is 0 Å². The molecule has 14 heavy (non-hydrogen) atoms. The molecule has 0 aliphatic heterocycles. The first-order chi connectivity index (χ1) is 6.34. The maximum Gasteiger partial charge on any atom is 0.0507 e. The molecule has 0 saturated heterocycles. The van der Waals surface area contributed by atoms with Gasteiger partial charge in [0.2, 0.25) is 0 Å². The average molecular weight is 208 g/mol. The summed E-state index contributed by atoms with van der Waals surface area (Å²) in [6, 6.07) is 7.31. The fourth-order valence-corrected chi connectivity index (χ4v) is 3.51. The number of hydrogen-bond donors (Lipinski definition) is 0. The Morgan fingerprint density at radius 3 is 2.29 bits per heavy atom. The van der Waals surface area contributed by atoms with Crippen molar-refractivity contribution in [2.45, 2.75) is 32.6 Å². The van der Waals surface area contributed by atoms with Crippen molar-refractivity contribution in [1.29, 1.82) is 0 Å². The predicted molar refractivity (Wildman–Crippen MR) is 67.1 cm³/mol. The molecule has 1 aromatic carbocycles. The molecule has 0 bridgehead atoms. The van der Waals surface area contributed by atoms with Crippen molar-refractivity contribution in [3.63, 3.8) is 0 Å². The lowest BCUT2D eigenvalue weighted by atomic mass is 10.1. The molecule has 1 nitrogen and oxygen atoms in total. The highest BCUT2D eigenvalue weighted by Crippen LogP contribution is 2.19. The molecule has 1 aromatic rings. The largest absolute Gasteiger partial charge is 0.314 e. The van der Waals surface area contributed by atoms with Gasteiger partial charge >= 0.3 is 0 Å². The van der Waals surface area contributed by atoms with Gasteiger partial charge < -0.3 is 4.90 Å². The quantitative estimate of drug-likeness (QED) is 0.545. The van der Waals surface area contributed by atoms with Gasteiger partial charge in [0, 0.05) is 0 Å². The SMILES string of the molecule is C[C@@H]([c-]1cccc1[Si](C)(C)C)N(C)C. The Bertz CT molecular complexity index is 294. The van der Waals surface area contributed by atoms with E-state index in [1.165, 1.54) is 5.56 Å². The topological polar surface area (TPSA) is 3.24 Å². The summed E-state index contributed by atoms with van der Waals surface area (Å²) in [5.74, 6) is 0. The lowest BCUT2D eigenvalue weighted by molar-refractivity contribution is 0.322. The molecule has 0 N–H and O–H groups in total. The van der Waals surface area contributed by atoms with Gasteiger partial charge in [0.05, 0.1) is 8.07 Å². The monoisotopic (exact) mass is 208 g/mol. The molecule has 0 unspecified atom stereocenters. The van der Waals surface area contributed by atoms with E-state index in [1.54, 1.807) is 5.19 Å². The Balaban J connectivity index is 3.05. The highest BCUT2D eigenvalue weighted by molar-refractivity contribution is 6.89. The van der Waals surface area contributed by atoms with Gasteiger partial charge in [0.25, 0.3) is 0 Å². The molecule has 1 rings (SSSR count). The first-order valence-electron chi connectivity index (χ1n) is 5.26. The first-order valence-corrected chi connectivity index (χ1v) is 8.76. The van der Waals surface area contributed by atoms with Gasteiger partial charge in [-0.1, -0.05) is 26.6 Å². The molecule has 0 heterocycles. The summed E-state index contributed by atoms with van der Waals surface area (Å²) in [5.41, 5.74) is 1.52. The van der Waals surface area contributed by atoms with Crippen LogP contribution in [-0.4, -0.2) is 27.1 Å². The summed E-state index contributed by atoms with van der Waals surface area (Å²) >= 11 is 0. The molecule has 80 valence electrons. The molecule has 0 aliphatic carbocycles. The van der Waals surface area contributed by atoms with Gasteiger partial charge in [-0.3, -0.25) is 0 Å². The molecule has 0 amide bonds. The van der Waals surface area contributed by atoms with Crippen molar-refractivity contribution < 1.29 is 0 Å². The van der Waals surface area contributed by atoms with Crippen molar-refractivity contribution in [2.75, 3.05) is 14.1 Å². The Morgan fingerprint density at radius 1 is 1.29 bits per heavy atom. The van der Waals surface area contributed by atoms with Crippen LogP contribution in [0.4, 0.5) is 0 Å². The van der Waals surface area contributed by atoms with Crippen molar-refractivity contribution in [3.05, 3.63) is 23.8 Å². The molecular formula is C12H22NSi-. The maximum atomic E-state index is 2.41. The van der Waals surface area contributed by atoms with E-state index >= 15 is 0 Å². The molecule has 0 fully saturated rings. The van der Waals surface area contributed by atoms with Crippen molar-refractivity contribution in [3.8, 4) is 0 Å². The highest BCUT2D eigenvalue weighted by Gasteiger charge is 2.17. The van der Waals surface area contributed by atoms with Crippen molar-refractivity contribution >= 4 is 13.3 Å². The summed E-state index contributed by atoms with van der Waals surface area (Å²) in [5, 5.41) is 1.61. The smallest absolute Gasteiger partial charge is 0.0507 e. The zero-order chi connectivity index (χ0) is 10.9. The predicted octanol–water partition coefficient (Wildman–Crippen LogP) is 2.57. The molecule has 0 aliphatic rings. The number of hydrogen-bond acceptors (Lipinski definition) is 1. The molecule has 1 atom stereocenters. The first kappa shape index (κ1) is 11.6. The van der Waals surface area contributed by atoms with E-state index in [0.29, 0.717) is 6.04 Å². The lowest BCUT2D eigenvalue weighted by Crippen LogP contribution is -2.40. The third-order valence-corrected chi connectivity index (χ3v) is 4.95. The minimum atomic E-state index is -1.16. The standard InChI is InChI=1S/C12H22NSi/c1-10(13(2)3)11-8-7-9-12(11)14(4,5)6/h7-10H,1-6H3/q-1/t10-/m0/s1. The van der Waals surface area contributed by atoms with E-state index < -0.39 is 8.07 Å². The summed E-state index contributed by atoms with van der Waals surface area (Å²) in [4.78, 5) is 2.28. The van der Waals surface area contributed by atoms with Crippen LogP contribution in [0.25, 0.3) is 0 Å². The fourth-order valence-electron chi connectivity index (χ4n) is 1.76. The zero-order valence-corrected chi connectivity index (χ0v) is 11.3. The van der Waals surface area contributed by atoms with Gasteiger partial charge in [-0.2, -0.15) is 11.3 Å². The minimum absolute atomic E-state index is 0.534. The Labute approximate surface area is 89.1 Å². The molecule has 0 aromatic heterocycles. The lowest BCUT2D eigenvalue weighted by Gasteiger charge is -2.30. The Hall–Kier alpha value is -0.473. The van der Waals surface area contributed by atoms with Crippen LogP contribution in [0, 0.1) is 0 Å². The Morgan fingerprint density at radius 2 is 1.86 bits per heavy atom. The van der Waals surface area contributed by atoms with Crippen LogP contribution in [0.1, 0.15) is 18.5 Å². The Kier molecular flexibility index (Phi) is 3.27. The van der Waals surface area contributed by atoms with Gasteiger partial charge in [0.1, 0.15) is 0 Å². The van der Waals surface area contributed by atoms with Crippen LogP contribution in [0.2, 0.25) is 19.6 Å². The van der Waals surface area contributed by atoms with Crippen LogP contribution >= 0.6 is 0 Å². The normalized spacial score (nSPS) is 14.8. The third-order valence-electron chi connectivity index (χ3n) is 2.88. The second kappa shape index (κ2) is 3.95. The number of rotatable bonds is 3. The van der Waals surface area contributed by atoms with Gasteiger partial charge in [-0.25, -0.2) is 12.1 Å². The van der Waals surface area contributed by atoms with Crippen LogP contribution in [0.5, 0.6) is 0 Å². The second-order valence-corrected chi connectivity index (χ2v) is 10.3. The van der Waals surface area contributed by atoms with E-state index in [9.17, 15) is 0 Å². The summed E-state index contributed by atoms with van der Waals surface area (Å²) in [6.07, 6.45) is 0. The zero-order valence-electron chi connectivity index (χ0n) is 10.3. The van der Waals surface area contributed by atoms with E-state index in [2.05, 4.69) is 63.8 Å². The van der Waals surface area contributed by atoms with E-state index in [4.69, 9.17) is 0 Å². The van der Waals surface area contributed by atoms with Crippen LogP contribution in [-0.2, 0) is 0 Å². The van der Waals surface area contributed by atoms with Crippen LogP contribution < -0.4 is 5.19 Å². The molecule has 0 radical (unpaired) electrons. The van der Waals surface area contributed by atoms with Gasteiger partial charge in [-0.05, 0) is 20.1 Å². The highest BCUT2D eigenvalue weighted by atomic mass is 28.3. The molecular weight excluding hydrogens is 186 g/mol.